The third-order valence-electron chi connectivity index (χ3n) is 5.24. The maximum atomic E-state index is 12.8. The number of benzene rings is 2. The van der Waals surface area contributed by atoms with Crippen molar-refractivity contribution >= 4 is 27.6 Å². The van der Waals surface area contributed by atoms with E-state index in [1.165, 1.54) is 11.4 Å². The Balaban J connectivity index is 1.60. The number of hydrogen-bond donors (Lipinski definition) is 1. The van der Waals surface area contributed by atoms with Gasteiger partial charge in [-0.25, -0.2) is 17.5 Å². The molecule has 8 heteroatoms. The molecule has 1 amide bonds. The molecule has 1 fully saturated rings. The molecule has 1 N–H and O–H groups in total. The van der Waals surface area contributed by atoms with Crippen LogP contribution in [0.5, 0.6) is 0 Å². The number of carbonyl (C=O) groups excluding carboxylic acids is 2. The van der Waals surface area contributed by atoms with Crippen molar-refractivity contribution in [1.82, 2.24) is 4.31 Å². The van der Waals surface area contributed by atoms with Gasteiger partial charge in [0.1, 0.15) is 0 Å². The number of hydrogen-bond acceptors (Lipinski definition) is 5. The molecule has 1 saturated heterocycles. The summed E-state index contributed by atoms with van der Waals surface area (Å²) in [7, 11) is -2.16. The fourth-order valence-corrected chi connectivity index (χ4v) is 5.17. The van der Waals surface area contributed by atoms with Crippen molar-refractivity contribution in [1.29, 1.82) is 0 Å². The highest BCUT2D eigenvalue weighted by Gasteiger charge is 2.31. The topological polar surface area (TPSA) is 92.8 Å². The van der Waals surface area contributed by atoms with Gasteiger partial charge in [0, 0.05) is 19.0 Å². The molecule has 30 heavy (non-hydrogen) atoms. The summed E-state index contributed by atoms with van der Waals surface area (Å²) in [5.41, 5.74) is 2.45. The van der Waals surface area contributed by atoms with E-state index in [0.717, 1.165) is 11.1 Å². The van der Waals surface area contributed by atoms with E-state index in [1.54, 1.807) is 24.3 Å². The lowest BCUT2D eigenvalue weighted by Gasteiger charge is -2.30. The van der Waals surface area contributed by atoms with Gasteiger partial charge in [-0.05, 0) is 37.5 Å². The van der Waals surface area contributed by atoms with Crippen LogP contribution in [0, 0.1) is 12.8 Å². The van der Waals surface area contributed by atoms with E-state index >= 15 is 0 Å². The maximum Gasteiger partial charge on any atom is 0.339 e. The number of nitrogens with zero attached hydrogens (tertiary/aromatic N) is 1. The number of ether oxygens (including phenoxy) is 1. The molecule has 0 aliphatic carbocycles. The van der Waals surface area contributed by atoms with Gasteiger partial charge in [0.15, 0.2) is 0 Å². The molecule has 2 aromatic rings. The fourth-order valence-electron chi connectivity index (χ4n) is 3.61. The van der Waals surface area contributed by atoms with Crippen molar-refractivity contribution in [3.63, 3.8) is 0 Å². The number of esters is 1. The average molecular weight is 431 g/mol. The molecule has 0 aromatic heterocycles. The Morgan fingerprint density at radius 3 is 2.47 bits per heavy atom. The smallest absolute Gasteiger partial charge is 0.339 e. The van der Waals surface area contributed by atoms with Crippen LogP contribution in [0.25, 0.3) is 0 Å². The van der Waals surface area contributed by atoms with Crippen molar-refractivity contribution in [3.05, 3.63) is 65.2 Å². The molecule has 1 aliphatic heterocycles. The van der Waals surface area contributed by atoms with E-state index in [0.29, 0.717) is 31.6 Å². The monoisotopic (exact) mass is 430 g/mol. The second-order valence-corrected chi connectivity index (χ2v) is 9.41. The number of para-hydroxylation sites is 1. The second kappa shape index (κ2) is 9.40. The molecule has 3 rings (SSSR count). The Labute approximate surface area is 177 Å². The lowest BCUT2D eigenvalue weighted by molar-refractivity contribution is -0.120. The van der Waals surface area contributed by atoms with Gasteiger partial charge in [-0.15, -0.1) is 0 Å². The molecule has 0 radical (unpaired) electrons. The SMILES string of the molecule is COC(=O)c1ccccc1NC(=O)C1CCN(S(=O)(=O)Cc2cccc(C)c2)CC1. The van der Waals surface area contributed by atoms with Crippen molar-refractivity contribution in [2.75, 3.05) is 25.5 Å². The second-order valence-electron chi connectivity index (χ2n) is 7.45. The van der Waals surface area contributed by atoms with Gasteiger partial charge in [-0.3, -0.25) is 4.79 Å². The van der Waals surface area contributed by atoms with E-state index < -0.39 is 16.0 Å². The first-order valence-electron chi connectivity index (χ1n) is 9.82. The van der Waals surface area contributed by atoms with Crippen LogP contribution in [0.3, 0.4) is 0 Å². The van der Waals surface area contributed by atoms with Crippen LogP contribution >= 0.6 is 0 Å². The van der Waals surface area contributed by atoms with E-state index in [4.69, 9.17) is 4.74 Å². The van der Waals surface area contributed by atoms with Crippen molar-refractivity contribution < 1.29 is 22.7 Å². The Bertz CT molecular complexity index is 1030. The number of methoxy groups -OCH3 is 1. The molecule has 0 bridgehead atoms. The van der Waals surface area contributed by atoms with Crippen LogP contribution in [0.15, 0.2) is 48.5 Å². The summed E-state index contributed by atoms with van der Waals surface area (Å²) < 4.78 is 31.7. The normalized spacial score (nSPS) is 15.5. The van der Waals surface area contributed by atoms with Gasteiger partial charge >= 0.3 is 5.97 Å². The summed E-state index contributed by atoms with van der Waals surface area (Å²) in [6, 6.07) is 14.1. The first kappa shape index (κ1) is 22.0. The van der Waals surface area contributed by atoms with Crippen molar-refractivity contribution in [2.24, 2.45) is 5.92 Å². The number of sulfonamides is 1. The number of carbonyl (C=O) groups is 2. The molecular weight excluding hydrogens is 404 g/mol. The van der Waals surface area contributed by atoms with E-state index in [1.807, 2.05) is 31.2 Å². The minimum Gasteiger partial charge on any atom is -0.465 e. The molecule has 0 saturated carbocycles. The minimum atomic E-state index is -3.44. The standard InChI is InChI=1S/C22H26N2O5S/c1-16-6-5-7-17(14-16)15-30(27,28)24-12-10-18(11-13-24)21(25)23-20-9-4-3-8-19(20)22(26)29-2/h3-9,14,18H,10-13,15H2,1-2H3,(H,23,25). The highest BCUT2D eigenvalue weighted by atomic mass is 32.2. The van der Waals surface area contributed by atoms with Gasteiger partial charge in [0.2, 0.25) is 15.9 Å². The van der Waals surface area contributed by atoms with E-state index in [2.05, 4.69) is 5.32 Å². The lowest BCUT2D eigenvalue weighted by Crippen LogP contribution is -2.42. The first-order valence-corrected chi connectivity index (χ1v) is 11.4. The maximum absolute atomic E-state index is 12.8. The van der Waals surface area contributed by atoms with Crippen LogP contribution in [-0.2, 0) is 25.3 Å². The number of piperidine rings is 1. The van der Waals surface area contributed by atoms with Gasteiger partial charge in [-0.1, -0.05) is 42.0 Å². The fraction of sp³-hybridized carbons (Fsp3) is 0.364. The Hall–Kier alpha value is -2.71. The van der Waals surface area contributed by atoms with Gasteiger partial charge in [0.25, 0.3) is 0 Å². The molecule has 7 nitrogen and oxygen atoms in total. The van der Waals surface area contributed by atoms with Crippen LogP contribution in [0.1, 0.15) is 34.3 Å². The third kappa shape index (κ3) is 5.25. The number of amides is 1. The largest absolute Gasteiger partial charge is 0.465 e. The van der Waals surface area contributed by atoms with Crippen molar-refractivity contribution in [3.8, 4) is 0 Å². The highest BCUT2D eigenvalue weighted by Crippen LogP contribution is 2.24. The molecule has 2 aromatic carbocycles. The zero-order chi connectivity index (χ0) is 21.7. The Morgan fingerprint density at radius 2 is 1.80 bits per heavy atom. The molecule has 160 valence electrons. The molecule has 1 aliphatic rings. The third-order valence-corrected chi connectivity index (χ3v) is 7.09. The molecule has 0 atom stereocenters. The van der Waals surface area contributed by atoms with Crippen LogP contribution in [0.2, 0.25) is 0 Å². The Morgan fingerprint density at radius 1 is 1.10 bits per heavy atom. The molecule has 1 heterocycles. The van der Waals surface area contributed by atoms with Crippen LogP contribution in [-0.4, -0.2) is 44.8 Å². The van der Waals surface area contributed by atoms with E-state index in [-0.39, 0.29) is 23.1 Å². The van der Waals surface area contributed by atoms with Crippen molar-refractivity contribution in [2.45, 2.75) is 25.5 Å². The van der Waals surface area contributed by atoms with E-state index in [9.17, 15) is 18.0 Å². The van der Waals surface area contributed by atoms with Crippen LogP contribution < -0.4 is 5.32 Å². The number of aryl methyl sites for hydroxylation is 1. The number of anilines is 1. The van der Waals surface area contributed by atoms with Gasteiger partial charge in [-0.2, -0.15) is 0 Å². The average Bonchev–Trinajstić information content (AvgIpc) is 2.73. The minimum absolute atomic E-state index is 0.0436. The first-order chi connectivity index (χ1) is 14.3. The summed E-state index contributed by atoms with van der Waals surface area (Å²) in [5, 5.41) is 2.79. The van der Waals surface area contributed by atoms with Gasteiger partial charge in [0.05, 0.1) is 24.1 Å². The molecule has 0 spiro atoms. The molecular formula is C22H26N2O5S. The summed E-state index contributed by atoms with van der Waals surface area (Å²) in [5.74, 6) is -1.11. The predicted molar refractivity (Wildman–Crippen MR) is 115 cm³/mol. The summed E-state index contributed by atoms with van der Waals surface area (Å²) in [6.07, 6.45) is 0.860. The zero-order valence-corrected chi connectivity index (χ0v) is 17.9. The van der Waals surface area contributed by atoms with Gasteiger partial charge < -0.3 is 10.1 Å². The lowest BCUT2D eigenvalue weighted by atomic mass is 9.97. The summed E-state index contributed by atoms with van der Waals surface area (Å²) in [4.78, 5) is 24.6. The highest BCUT2D eigenvalue weighted by molar-refractivity contribution is 7.88. The zero-order valence-electron chi connectivity index (χ0n) is 17.1. The summed E-state index contributed by atoms with van der Waals surface area (Å²) in [6.45, 7) is 2.52. The number of nitrogens with one attached hydrogen (secondary N) is 1. The van der Waals surface area contributed by atoms with Crippen LogP contribution in [0.4, 0.5) is 5.69 Å². The summed E-state index contributed by atoms with van der Waals surface area (Å²) >= 11 is 0. The predicted octanol–water partition coefficient (Wildman–Crippen LogP) is 2.96. The number of rotatable bonds is 6. The molecule has 0 unspecified atom stereocenters. The quantitative estimate of drug-likeness (QED) is 0.712. The Kier molecular flexibility index (Phi) is 6.89.